The van der Waals surface area contributed by atoms with Crippen LogP contribution in [0.3, 0.4) is 0 Å². The molecule has 0 atom stereocenters. The predicted octanol–water partition coefficient (Wildman–Crippen LogP) is 1.60. The summed E-state index contributed by atoms with van der Waals surface area (Å²) in [6.45, 7) is 0.568. The first kappa shape index (κ1) is 11.0. The van der Waals surface area contributed by atoms with E-state index in [-0.39, 0.29) is 12.5 Å². The molecule has 0 fully saturated rings. The molecule has 0 aliphatic heterocycles. The van der Waals surface area contributed by atoms with Crippen LogP contribution in [-0.4, -0.2) is 29.0 Å². The molecule has 7 nitrogen and oxygen atoms in total. The molecule has 1 aromatic heterocycles. The van der Waals surface area contributed by atoms with Crippen molar-refractivity contribution < 1.29 is 4.79 Å². The van der Waals surface area contributed by atoms with Crippen molar-refractivity contribution in [2.45, 2.75) is 0 Å². The molecule has 0 saturated carbocycles. The van der Waals surface area contributed by atoms with Crippen LogP contribution in [0.5, 0.6) is 0 Å². The maximum Gasteiger partial charge on any atom is 0.251 e. The fourth-order valence-corrected chi connectivity index (χ4v) is 1.44. The van der Waals surface area contributed by atoms with E-state index in [4.69, 9.17) is 5.53 Å². The summed E-state index contributed by atoms with van der Waals surface area (Å²) in [5.74, 6) is -0.199. The van der Waals surface area contributed by atoms with Gasteiger partial charge >= 0.3 is 0 Å². The van der Waals surface area contributed by atoms with E-state index < -0.39 is 0 Å². The second kappa shape index (κ2) is 5.00. The molecule has 17 heavy (non-hydrogen) atoms. The Balaban J connectivity index is 2.05. The van der Waals surface area contributed by atoms with Gasteiger partial charge in [-0.15, -0.1) is 0 Å². The van der Waals surface area contributed by atoms with Crippen LogP contribution in [0.2, 0.25) is 0 Å². The van der Waals surface area contributed by atoms with Gasteiger partial charge in [-0.25, -0.2) is 4.98 Å². The van der Waals surface area contributed by atoms with Crippen LogP contribution in [0, 0.1) is 0 Å². The summed E-state index contributed by atoms with van der Waals surface area (Å²) in [4.78, 5) is 21.3. The minimum Gasteiger partial charge on any atom is -0.352 e. The normalized spacial score (nSPS) is 9.88. The lowest BCUT2D eigenvalue weighted by Crippen LogP contribution is -2.25. The molecule has 2 aromatic rings. The van der Waals surface area contributed by atoms with Gasteiger partial charge in [-0.1, -0.05) is 5.11 Å². The number of nitrogens with zero attached hydrogens (tertiary/aromatic N) is 4. The number of amides is 1. The number of hydrogen-bond acceptors (Lipinski definition) is 3. The number of carbonyl (C=O) groups is 1. The van der Waals surface area contributed by atoms with E-state index in [1.54, 1.807) is 24.5 Å². The standard InChI is InChI=1S/C10H10N6O/c11-16-15-4-3-12-10(17)7-1-2-8-9(5-7)14-6-13-8/h1-2,5-6H,3-4H2,(H,12,17)(H,13,14). The topological polar surface area (TPSA) is 107 Å². The maximum absolute atomic E-state index is 11.7. The van der Waals surface area contributed by atoms with E-state index >= 15 is 0 Å². The van der Waals surface area contributed by atoms with Crippen molar-refractivity contribution >= 4 is 16.9 Å². The number of benzene rings is 1. The highest BCUT2D eigenvalue weighted by Gasteiger charge is 2.06. The Morgan fingerprint density at radius 3 is 3.29 bits per heavy atom. The summed E-state index contributed by atoms with van der Waals surface area (Å²) in [5, 5.41) is 5.98. The molecule has 0 spiro atoms. The van der Waals surface area contributed by atoms with Crippen molar-refractivity contribution in [2.75, 3.05) is 13.1 Å². The van der Waals surface area contributed by atoms with Gasteiger partial charge in [0.25, 0.3) is 5.91 Å². The minimum absolute atomic E-state index is 0.199. The molecule has 0 radical (unpaired) electrons. The third kappa shape index (κ3) is 2.53. The smallest absolute Gasteiger partial charge is 0.251 e. The average molecular weight is 230 g/mol. The highest BCUT2D eigenvalue weighted by Crippen LogP contribution is 2.11. The fraction of sp³-hybridized carbons (Fsp3) is 0.200. The number of rotatable bonds is 4. The summed E-state index contributed by atoms with van der Waals surface area (Å²) in [6, 6.07) is 5.20. The van der Waals surface area contributed by atoms with Crippen LogP contribution in [0.1, 0.15) is 10.4 Å². The molecule has 7 heteroatoms. The fourth-order valence-electron chi connectivity index (χ4n) is 1.44. The molecule has 0 aliphatic rings. The Morgan fingerprint density at radius 2 is 2.47 bits per heavy atom. The molecule has 0 saturated heterocycles. The number of imidazole rings is 1. The lowest BCUT2D eigenvalue weighted by atomic mass is 10.2. The van der Waals surface area contributed by atoms with Crippen molar-refractivity contribution in [3.05, 3.63) is 40.5 Å². The first-order valence-corrected chi connectivity index (χ1v) is 5.03. The first-order valence-electron chi connectivity index (χ1n) is 5.03. The molecule has 2 N–H and O–H groups in total. The van der Waals surface area contributed by atoms with Crippen LogP contribution in [0.4, 0.5) is 0 Å². The van der Waals surface area contributed by atoms with Gasteiger partial charge in [-0.2, -0.15) is 0 Å². The third-order valence-corrected chi connectivity index (χ3v) is 2.24. The number of hydrogen-bond donors (Lipinski definition) is 2. The van der Waals surface area contributed by atoms with Gasteiger partial charge in [0.15, 0.2) is 0 Å². The van der Waals surface area contributed by atoms with E-state index in [2.05, 4.69) is 25.3 Å². The molecule has 86 valence electrons. The molecule has 0 bridgehead atoms. The molecule has 1 amide bonds. The number of nitrogens with one attached hydrogen (secondary N) is 2. The van der Waals surface area contributed by atoms with E-state index in [0.29, 0.717) is 12.1 Å². The molecule has 1 aromatic carbocycles. The van der Waals surface area contributed by atoms with E-state index in [9.17, 15) is 4.79 Å². The van der Waals surface area contributed by atoms with Crippen LogP contribution < -0.4 is 5.32 Å². The lowest BCUT2D eigenvalue weighted by molar-refractivity contribution is 0.0955. The zero-order valence-electron chi connectivity index (χ0n) is 8.92. The zero-order chi connectivity index (χ0) is 12.1. The Kier molecular flexibility index (Phi) is 3.23. The summed E-state index contributed by atoms with van der Waals surface area (Å²) in [5.41, 5.74) is 10.3. The summed E-state index contributed by atoms with van der Waals surface area (Å²) in [7, 11) is 0. The lowest BCUT2D eigenvalue weighted by Gasteiger charge is -2.02. The van der Waals surface area contributed by atoms with Crippen LogP contribution in [-0.2, 0) is 0 Å². The second-order valence-corrected chi connectivity index (χ2v) is 3.34. The summed E-state index contributed by atoms with van der Waals surface area (Å²) < 4.78 is 0. The number of fused-ring (bicyclic) bond motifs is 1. The SMILES string of the molecule is [N-]=[N+]=NCCNC(=O)c1ccc2nc[nH]c2c1. The monoisotopic (exact) mass is 230 g/mol. The average Bonchev–Trinajstić information content (AvgIpc) is 2.81. The quantitative estimate of drug-likeness (QED) is 0.360. The Labute approximate surface area is 96.5 Å². The minimum atomic E-state index is -0.199. The van der Waals surface area contributed by atoms with E-state index in [0.717, 1.165) is 11.0 Å². The van der Waals surface area contributed by atoms with Gasteiger partial charge in [0.05, 0.1) is 17.4 Å². The Hall–Kier alpha value is -2.53. The number of azide groups is 1. The summed E-state index contributed by atoms with van der Waals surface area (Å²) in [6.07, 6.45) is 1.58. The van der Waals surface area contributed by atoms with Crippen LogP contribution in [0.15, 0.2) is 29.6 Å². The maximum atomic E-state index is 11.7. The number of aromatic nitrogens is 2. The third-order valence-electron chi connectivity index (χ3n) is 2.24. The summed E-state index contributed by atoms with van der Waals surface area (Å²) >= 11 is 0. The molecule has 0 unspecified atom stereocenters. The number of aromatic amines is 1. The molecular weight excluding hydrogens is 220 g/mol. The predicted molar refractivity (Wildman–Crippen MR) is 62.4 cm³/mol. The number of carbonyl (C=O) groups excluding carboxylic acids is 1. The van der Waals surface area contributed by atoms with Crippen molar-refractivity contribution in [1.82, 2.24) is 15.3 Å². The van der Waals surface area contributed by atoms with Crippen LogP contribution in [0.25, 0.3) is 21.5 Å². The number of H-pyrrole nitrogens is 1. The molecular formula is C10H10N6O. The largest absolute Gasteiger partial charge is 0.352 e. The van der Waals surface area contributed by atoms with Crippen molar-refractivity contribution in [1.29, 1.82) is 0 Å². The second-order valence-electron chi connectivity index (χ2n) is 3.34. The Bertz CT molecular complexity index is 583. The van der Waals surface area contributed by atoms with Gasteiger partial charge in [0, 0.05) is 23.6 Å². The van der Waals surface area contributed by atoms with Crippen LogP contribution >= 0.6 is 0 Å². The van der Waals surface area contributed by atoms with Gasteiger partial charge < -0.3 is 10.3 Å². The zero-order valence-corrected chi connectivity index (χ0v) is 8.92. The van der Waals surface area contributed by atoms with Crippen molar-refractivity contribution in [2.24, 2.45) is 5.11 Å². The molecule has 2 rings (SSSR count). The van der Waals surface area contributed by atoms with Crippen molar-refractivity contribution in [3.8, 4) is 0 Å². The van der Waals surface area contributed by atoms with Gasteiger partial charge in [-0.3, -0.25) is 4.79 Å². The first-order chi connectivity index (χ1) is 8.31. The van der Waals surface area contributed by atoms with Gasteiger partial charge in [-0.05, 0) is 23.7 Å². The molecule has 1 heterocycles. The highest BCUT2D eigenvalue weighted by molar-refractivity contribution is 5.97. The van der Waals surface area contributed by atoms with E-state index in [1.807, 2.05) is 0 Å². The molecule has 0 aliphatic carbocycles. The Morgan fingerprint density at radius 1 is 1.59 bits per heavy atom. The van der Waals surface area contributed by atoms with Crippen molar-refractivity contribution in [3.63, 3.8) is 0 Å². The van der Waals surface area contributed by atoms with E-state index in [1.165, 1.54) is 0 Å². The highest BCUT2D eigenvalue weighted by atomic mass is 16.1. The van der Waals surface area contributed by atoms with Gasteiger partial charge in [0.2, 0.25) is 0 Å². The van der Waals surface area contributed by atoms with Gasteiger partial charge in [0.1, 0.15) is 0 Å².